The minimum Gasteiger partial charge on any atom is -0.508 e. The highest BCUT2D eigenvalue weighted by Gasteiger charge is 2.16. The molecule has 0 aliphatic rings. The second kappa shape index (κ2) is 6.92. The Kier molecular flexibility index (Phi) is 4.97. The van der Waals surface area contributed by atoms with E-state index in [0.717, 1.165) is 17.5 Å². The molecule has 0 heterocycles. The largest absolute Gasteiger partial charge is 0.508 e. The van der Waals surface area contributed by atoms with Crippen LogP contribution in [0.3, 0.4) is 0 Å². The zero-order valence-electron chi connectivity index (χ0n) is 12.4. The molecule has 0 aliphatic carbocycles. The third kappa shape index (κ3) is 3.62. The molecule has 0 saturated carbocycles. The zero-order valence-corrected chi connectivity index (χ0v) is 12.4. The van der Waals surface area contributed by atoms with Crippen molar-refractivity contribution in [3.05, 3.63) is 65.2 Å². The van der Waals surface area contributed by atoms with E-state index in [9.17, 15) is 5.11 Å². The molecule has 2 aromatic carbocycles. The number of nitrogens with one attached hydrogen (secondary N) is 1. The molecule has 0 aromatic heterocycles. The Bertz CT molecular complexity index is 628. The fourth-order valence-corrected chi connectivity index (χ4v) is 2.45. The van der Waals surface area contributed by atoms with Crippen LogP contribution in [-0.2, 0) is 0 Å². The second-order valence-electron chi connectivity index (χ2n) is 5.14. The first kappa shape index (κ1) is 15.1. The van der Waals surface area contributed by atoms with Gasteiger partial charge in [-0.2, -0.15) is 5.26 Å². The molecular weight excluding hydrogens is 260 g/mol. The van der Waals surface area contributed by atoms with Gasteiger partial charge in [0.2, 0.25) is 0 Å². The Morgan fingerprint density at radius 2 is 1.81 bits per heavy atom. The van der Waals surface area contributed by atoms with Crippen LogP contribution in [0.25, 0.3) is 0 Å². The number of aromatic hydroxyl groups is 1. The maximum Gasteiger partial charge on any atom is 0.120 e. The van der Waals surface area contributed by atoms with Crippen LogP contribution in [0.4, 0.5) is 0 Å². The van der Waals surface area contributed by atoms with Crippen molar-refractivity contribution >= 4 is 0 Å². The molecule has 0 spiro atoms. The molecule has 0 radical (unpaired) electrons. The molecule has 0 saturated heterocycles. The molecule has 108 valence electrons. The number of rotatable bonds is 5. The summed E-state index contributed by atoms with van der Waals surface area (Å²) in [5.74, 6) is 0.323. The molecular formula is C18H20N2O. The lowest BCUT2D eigenvalue weighted by Gasteiger charge is -2.23. The van der Waals surface area contributed by atoms with Crippen molar-refractivity contribution in [3.63, 3.8) is 0 Å². The topological polar surface area (TPSA) is 56.0 Å². The second-order valence-corrected chi connectivity index (χ2v) is 5.14. The van der Waals surface area contributed by atoms with Crippen LogP contribution in [0.15, 0.2) is 48.5 Å². The van der Waals surface area contributed by atoms with E-state index < -0.39 is 0 Å². The van der Waals surface area contributed by atoms with Gasteiger partial charge in [-0.3, -0.25) is 0 Å². The molecule has 2 N–H and O–H groups in total. The predicted molar refractivity (Wildman–Crippen MR) is 83.8 cm³/mol. The summed E-state index contributed by atoms with van der Waals surface area (Å²) in [7, 11) is 0. The first-order chi connectivity index (χ1) is 10.2. The van der Waals surface area contributed by atoms with Gasteiger partial charge in [-0.15, -0.1) is 0 Å². The van der Waals surface area contributed by atoms with Gasteiger partial charge in [-0.25, -0.2) is 0 Å². The Balaban J connectivity index is 2.14. The van der Waals surface area contributed by atoms with Gasteiger partial charge >= 0.3 is 0 Å². The van der Waals surface area contributed by atoms with Crippen LogP contribution < -0.4 is 5.32 Å². The third-order valence-electron chi connectivity index (χ3n) is 3.71. The molecule has 0 aliphatic heterocycles. The third-order valence-corrected chi connectivity index (χ3v) is 3.71. The number of nitriles is 1. The molecule has 0 bridgehead atoms. The van der Waals surface area contributed by atoms with Gasteiger partial charge in [-0.05, 0) is 37.1 Å². The van der Waals surface area contributed by atoms with E-state index in [4.69, 9.17) is 5.26 Å². The fraction of sp³-hybridized carbons (Fsp3) is 0.278. The lowest BCUT2D eigenvalue weighted by atomic mass is 10.00. The average molecular weight is 280 g/mol. The standard InChI is InChI=1S/C18H20N2O/c1-3-17(16-6-4-5-7-18(16)21)20-13(2)15-10-8-14(12-19)9-11-15/h4-11,13,17,20-21H,3H2,1-2H3. The molecule has 2 unspecified atom stereocenters. The summed E-state index contributed by atoms with van der Waals surface area (Å²) in [6.07, 6.45) is 0.887. The summed E-state index contributed by atoms with van der Waals surface area (Å²) in [5, 5.41) is 22.4. The Labute approximate surface area is 125 Å². The summed E-state index contributed by atoms with van der Waals surface area (Å²) in [6.45, 7) is 4.18. The minimum absolute atomic E-state index is 0.0943. The average Bonchev–Trinajstić information content (AvgIpc) is 2.53. The van der Waals surface area contributed by atoms with Crippen molar-refractivity contribution in [3.8, 4) is 11.8 Å². The first-order valence-electron chi connectivity index (χ1n) is 7.19. The Morgan fingerprint density at radius 3 is 2.38 bits per heavy atom. The van der Waals surface area contributed by atoms with Crippen LogP contribution in [0.1, 0.15) is 49.0 Å². The first-order valence-corrected chi connectivity index (χ1v) is 7.19. The van der Waals surface area contributed by atoms with E-state index in [2.05, 4.69) is 25.2 Å². The summed E-state index contributed by atoms with van der Waals surface area (Å²) in [6, 6.07) is 17.4. The highest BCUT2D eigenvalue weighted by Crippen LogP contribution is 2.28. The number of phenolic OH excluding ortho intramolecular Hbond substituents is 1. The number of nitrogens with zero attached hydrogens (tertiary/aromatic N) is 1. The van der Waals surface area contributed by atoms with E-state index in [1.165, 1.54) is 0 Å². The van der Waals surface area contributed by atoms with E-state index in [-0.39, 0.29) is 12.1 Å². The number of hydrogen-bond acceptors (Lipinski definition) is 3. The number of phenols is 1. The Morgan fingerprint density at radius 1 is 1.14 bits per heavy atom. The van der Waals surface area contributed by atoms with Gasteiger partial charge in [0.05, 0.1) is 11.6 Å². The van der Waals surface area contributed by atoms with Crippen LogP contribution in [-0.4, -0.2) is 5.11 Å². The highest BCUT2D eigenvalue weighted by molar-refractivity contribution is 5.36. The predicted octanol–water partition coefficient (Wildman–Crippen LogP) is 4.07. The minimum atomic E-state index is 0.0943. The molecule has 0 fully saturated rings. The van der Waals surface area contributed by atoms with Gasteiger partial charge in [0, 0.05) is 17.6 Å². The normalized spacial score (nSPS) is 13.4. The van der Waals surface area contributed by atoms with Crippen LogP contribution >= 0.6 is 0 Å². The van der Waals surface area contributed by atoms with Crippen molar-refractivity contribution in [1.29, 1.82) is 5.26 Å². The Hall–Kier alpha value is -2.31. The van der Waals surface area contributed by atoms with Crippen LogP contribution in [0.5, 0.6) is 5.75 Å². The quantitative estimate of drug-likeness (QED) is 0.868. The van der Waals surface area contributed by atoms with Gasteiger partial charge < -0.3 is 10.4 Å². The van der Waals surface area contributed by atoms with Crippen molar-refractivity contribution in [2.24, 2.45) is 0 Å². The lowest BCUT2D eigenvalue weighted by Crippen LogP contribution is -2.24. The van der Waals surface area contributed by atoms with Gasteiger partial charge in [0.25, 0.3) is 0 Å². The van der Waals surface area contributed by atoms with Gasteiger partial charge in [0.15, 0.2) is 0 Å². The van der Waals surface area contributed by atoms with Crippen molar-refractivity contribution < 1.29 is 5.11 Å². The maximum absolute atomic E-state index is 9.99. The molecule has 0 amide bonds. The highest BCUT2D eigenvalue weighted by atomic mass is 16.3. The maximum atomic E-state index is 9.99. The fourth-order valence-electron chi connectivity index (χ4n) is 2.45. The zero-order chi connectivity index (χ0) is 15.2. The van der Waals surface area contributed by atoms with E-state index in [1.807, 2.05) is 42.5 Å². The number of para-hydroxylation sites is 1. The summed E-state index contributed by atoms with van der Waals surface area (Å²) in [5.41, 5.74) is 2.71. The number of hydrogen-bond donors (Lipinski definition) is 2. The van der Waals surface area contributed by atoms with E-state index >= 15 is 0 Å². The molecule has 3 heteroatoms. The van der Waals surface area contributed by atoms with E-state index in [0.29, 0.717) is 11.3 Å². The van der Waals surface area contributed by atoms with Crippen molar-refractivity contribution in [2.75, 3.05) is 0 Å². The van der Waals surface area contributed by atoms with Crippen molar-refractivity contribution in [2.45, 2.75) is 32.4 Å². The molecule has 21 heavy (non-hydrogen) atoms. The monoisotopic (exact) mass is 280 g/mol. The summed E-state index contributed by atoms with van der Waals surface area (Å²) < 4.78 is 0. The van der Waals surface area contributed by atoms with Crippen molar-refractivity contribution in [1.82, 2.24) is 5.32 Å². The smallest absolute Gasteiger partial charge is 0.120 e. The number of benzene rings is 2. The van der Waals surface area contributed by atoms with Crippen LogP contribution in [0.2, 0.25) is 0 Å². The van der Waals surface area contributed by atoms with E-state index in [1.54, 1.807) is 6.07 Å². The summed E-state index contributed by atoms with van der Waals surface area (Å²) in [4.78, 5) is 0. The SMILES string of the molecule is CCC(NC(C)c1ccc(C#N)cc1)c1ccccc1O. The van der Waals surface area contributed by atoms with Gasteiger partial charge in [0.1, 0.15) is 5.75 Å². The molecule has 2 atom stereocenters. The molecule has 2 aromatic rings. The lowest BCUT2D eigenvalue weighted by molar-refractivity contribution is 0.419. The summed E-state index contributed by atoms with van der Waals surface area (Å²) >= 11 is 0. The molecule has 2 rings (SSSR count). The molecule has 3 nitrogen and oxygen atoms in total. The van der Waals surface area contributed by atoms with Gasteiger partial charge in [-0.1, -0.05) is 37.3 Å². The van der Waals surface area contributed by atoms with Crippen LogP contribution in [0, 0.1) is 11.3 Å².